The van der Waals surface area contributed by atoms with E-state index >= 15 is 0 Å². The van der Waals surface area contributed by atoms with Crippen molar-refractivity contribution in [3.8, 4) is 0 Å². The van der Waals surface area contributed by atoms with Gasteiger partial charge in [-0.3, -0.25) is 19.3 Å². The first kappa shape index (κ1) is 17.7. The molecule has 7 heteroatoms. The molecule has 142 valence electrons. The molecule has 1 aliphatic heterocycles. The zero-order valence-electron chi connectivity index (χ0n) is 14.8. The fraction of sp³-hybridized carbons (Fsp3) is 0.500. The highest BCUT2D eigenvalue weighted by molar-refractivity contribution is 6.22. The maximum atomic E-state index is 12.8. The van der Waals surface area contributed by atoms with E-state index in [4.69, 9.17) is 0 Å². The molecule has 1 N–H and O–H groups in total. The Balaban J connectivity index is 1.41. The van der Waals surface area contributed by atoms with E-state index in [2.05, 4.69) is 5.32 Å². The number of nitrogens with zero attached hydrogens (tertiary/aromatic N) is 1. The number of nitrogens with one attached hydrogen (secondary N) is 1. The summed E-state index contributed by atoms with van der Waals surface area (Å²) in [5.41, 5.74) is 1.07. The first-order valence-corrected chi connectivity index (χ1v) is 9.43. The van der Waals surface area contributed by atoms with E-state index in [-0.39, 0.29) is 48.8 Å². The minimum atomic E-state index is -1.18. The normalized spacial score (nSPS) is 28.5. The minimum absolute atomic E-state index is 0.0868. The summed E-state index contributed by atoms with van der Waals surface area (Å²) in [6.45, 7) is 0. The number of benzene rings is 1. The zero-order chi connectivity index (χ0) is 19.1. The van der Waals surface area contributed by atoms with Gasteiger partial charge in [0.15, 0.2) is 0 Å². The summed E-state index contributed by atoms with van der Waals surface area (Å²) < 4.78 is 0. The first-order chi connectivity index (χ1) is 13.0. The van der Waals surface area contributed by atoms with E-state index in [9.17, 15) is 24.3 Å². The molecule has 0 unspecified atom stereocenters. The first-order valence-electron chi connectivity index (χ1n) is 9.43. The van der Waals surface area contributed by atoms with Gasteiger partial charge >= 0.3 is 0 Å². The van der Waals surface area contributed by atoms with Crippen molar-refractivity contribution < 1.29 is 24.3 Å². The molecule has 2 bridgehead atoms. The maximum Gasteiger partial charge on any atom is 0.237 e. The molecule has 4 rings (SSSR count). The largest absolute Gasteiger partial charge is 0.550 e. The molecule has 2 saturated carbocycles. The van der Waals surface area contributed by atoms with Crippen LogP contribution >= 0.6 is 0 Å². The van der Waals surface area contributed by atoms with Gasteiger partial charge in [-0.15, -0.1) is 0 Å². The highest BCUT2D eigenvalue weighted by atomic mass is 16.4. The summed E-state index contributed by atoms with van der Waals surface area (Å²) in [7, 11) is 0. The number of aliphatic carboxylic acids is 1. The average molecular weight is 369 g/mol. The zero-order valence-corrected chi connectivity index (χ0v) is 14.8. The number of carbonyl (C=O) groups excluding carboxylic acids is 4. The van der Waals surface area contributed by atoms with Gasteiger partial charge in [0.2, 0.25) is 17.7 Å². The summed E-state index contributed by atoms with van der Waals surface area (Å²) in [4.78, 5) is 49.1. The van der Waals surface area contributed by atoms with Crippen LogP contribution in [0.2, 0.25) is 0 Å². The van der Waals surface area contributed by atoms with Gasteiger partial charge in [-0.05, 0) is 68.2 Å². The number of carbonyl (C=O) groups is 4. The number of hydrogen-bond acceptors (Lipinski definition) is 5. The van der Waals surface area contributed by atoms with Crippen LogP contribution in [-0.2, 0) is 19.2 Å². The van der Waals surface area contributed by atoms with Crippen LogP contribution < -0.4 is 15.3 Å². The quantitative estimate of drug-likeness (QED) is 0.755. The molecular weight excluding hydrogens is 348 g/mol. The van der Waals surface area contributed by atoms with E-state index in [1.54, 1.807) is 24.3 Å². The summed E-state index contributed by atoms with van der Waals surface area (Å²) in [5, 5.41) is 13.0. The van der Waals surface area contributed by atoms with E-state index in [0.717, 1.165) is 19.3 Å². The van der Waals surface area contributed by atoms with Crippen LogP contribution in [0.4, 0.5) is 11.4 Å². The summed E-state index contributed by atoms with van der Waals surface area (Å²) >= 11 is 0. The van der Waals surface area contributed by atoms with E-state index in [0.29, 0.717) is 23.2 Å². The van der Waals surface area contributed by atoms with Crippen molar-refractivity contribution in [3.63, 3.8) is 0 Å². The van der Waals surface area contributed by atoms with E-state index in [1.807, 2.05) is 0 Å². The third-order valence-corrected chi connectivity index (χ3v) is 6.12. The lowest BCUT2D eigenvalue weighted by molar-refractivity contribution is -0.305. The lowest BCUT2D eigenvalue weighted by atomic mass is 9.81. The van der Waals surface area contributed by atoms with Gasteiger partial charge in [0.25, 0.3) is 0 Å². The second-order valence-electron chi connectivity index (χ2n) is 7.72. The third kappa shape index (κ3) is 3.11. The Morgan fingerprint density at radius 2 is 1.59 bits per heavy atom. The SMILES string of the molecule is O=C([O-])CCCC(=O)Nc1ccc(N2C(=O)[C@H]3[C@@H]4CC[C@@H](C4)[C@@H]3C2=O)cc1. The van der Waals surface area contributed by atoms with Gasteiger partial charge in [0.05, 0.1) is 17.5 Å². The van der Waals surface area contributed by atoms with Crippen LogP contribution in [0.15, 0.2) is 24.3 Å². The Morgan fingerprint density at radius 1 is 1.00 bits per heavy atom. The van der Waals surface area contributed by atoms with Crippen LogP contribution in [0.25, 0.3) is 0 Å². The van der Waals surface area contributed by atoms with Crippen molar-refractivity contribution in [2.45, 2.75) is 38.5 Å². The molecule has 3 aliphatic rings. The molecule has 1 heterocycles. The molecule has 0 radical (unpaired) electrons. The fourth-order valence-corrected chi connectivity index (χ4v) is 4.97. The van der Waals surface area contributed by atoms with E-state index in [1.165, 1.54) is 4.90 Å². The molecule has 1 aromatic rings. The summed E-state index contributed by atoms with van der Waals surface area (Å²) in [6.07, 6.45) is 3.24. The molecule has 27 heavy (non-hydrogen) atoms. The number of hydrogen-bond donors (Lipinski definition) is 1. The summed E-state index contributed by atoms with van der Waals surface area (Å²) in [5.74, 6) is -1.25. The highest BCUT2D eigenvalue weighted by Crippen LogP contribution is 2.56. The van der Waals surface area contributed by atoms with Gasteiger partial charge < -0.3 is 15.2 Å². The number of carboxylic acid groups (broad SMARTS) is 1. The predicted molar refractivity (Wildman–Crippen MR) is 94.2 cm³/mol. The molecule has 7 nitrogen and oxygen atoms in total. The van der Waals surface area contributed by atoms with Gasteiger partial charge in [-0.25, -0.2) is 0 Å². The lowest BCUT2D eigenvalue weighted by Gasteiger charge is -2.19. The van der Waals surface area contributed by atoms with Gasteiger partial charge in [0, 0.05) is 18.1 Å². The summed E-state index contributed by atoms with van der Waals surface area (Å²) in [6, 6.07) is 6.62. The van der Waals surface area contributed by atoms with Crippen molar-refractivity contribution in [2.24, 2.45) is 23.7 Å². The molecule has 3 fully saturated rings. The Bertz CT molecular complexity index is 775. The second kappa shape index (κ2) is 6.79. The Kier molecular flexibility index (Phi) is 4.45. The lowest BCUT2D eigenvalue weighted by Crippen LogP contribution is -2.32. The Hall–Kier alpha value is -2.70. The molecule has 0 spiro atoms. The van der Waals surface area contributed by atoms with Crippen molar-refractivity contribution >= 4 is 35.1 Å². The maximum absolute atomic E-state index is 12.8. The van der Waals surface area contributed by atoms with Crippen LogP contribution in [0.1, 0.15) is 38.5 Å². The van der Waals surface area contributed by atoms with Crippen molar-refractivity contribution in [1.82, 2.24) is 0 Å². The fourth-order valence-electron chi connectivity index (χ4n) is 4.97. The average Bonchev–Trinajstić information content (AvgIpc) is 3.30. The van der Waals surface area contributed by atoms with Crippen molar-refractivity contribution in [2.75, 3.05) is 10.2 Å². The molecule has 4 atom stereocenters. The van der Waals surface area contributed by atoms with Crippen molar-refractivity contribution in [3.05, 3.63) is 24.3 Å². The minimum Gasteiger partial charge on any atom is -0.550 e. The van der Waals surface area contributed by atoms with Gasteiger partial charge in [0.1, 0.15) is 0 Å². The smallest absolute Gasteiger partial charge is 0.237 e. The number of fused-ring (bicyclic) bond motifs is 5. The number of rotatable bonds is 6. The van der Waals surface area contributed by atoms with Crippen molar-refractivity contribution in [1.29, 1.82) is 0 Å². The number of imide groups is 1. The van der Waals surface area contributed by atoms with E-state index < -0.39 is 5.97 Å². The predicted octanol–water partition coefficient (Wildman–Crippen LogP) is 1.08. The van der Waals surface area contributed by atoms with Crippen LogP contribution in [0.3, 0.4) is 0 Å². The molecule has 3 amide bonds. The number of anilines is 2. The van der Waals surface area contributed by atoms with Gasteiger partial charge in [-0.1, -0.05) is 0 Å². The van der Waals surface area contributed by atoms with Crippen LogP contribution in [-0.4, -0.2) is 23.7 Å². The second-order valence-corrected chi connectivity index (χ2v) is 7.72. The molecule has 1 aromatic carbocycles. The molecular formula is C20H21N2O5-. The number of carboxylic acids is 1. The monoisotopic (exact) mass is 369 g/mol. The Labute approximate surface area is 156 Å². The molecule has 1 saturated heterocycles. The number of amides is 3. The van der Waals surface area contributed by atoms with Gasteiger partial charge in [-0.2, -0.15) is 0 Å². The van der Waals surface area contributed by atoms with Crippen LogP contribution in [0, 0.1) is 23.7 Å². The standard InChI is InChI=1S/C20H22N2O5/c23-15(2-1-3-16(24)25)21-13-6-8-14(9-7-13)22-19(26)17-11-4-5-12(10-11)18(17)20(22)27/h6-9,11-12,17-18H,1-5,10H2,(H,21,23)(H,24,25)/p-1/t11-,12+,17-,18-/m0/s1. The third-order valence-electron chi connectivity index (χ3n) is 6.12. The van der Waals surface area contributed by atoms with Crippen LogP contribution in [0.5, 0.6) is 0 Å². The topological polar surface area (TPSA) is 107 Å². The molecule has 2 aliphatic carbocycles. The Morgan fingerprint density at radius 3 is 2.15 bits per heavy atom. The highest BCUT2D eigenvalue weighted by Gasteiger charge is 2.61. The molecule has 0 aromatic heterocycles.